The lowest BCUT2D eigenvalue weighted by atomic mass is 9.99. The van der Waals surface area contributed by atoms with Gasteiger partial charge in [0.2, 0.25) is 10.0 Å². The van der Waals surface area contributed by atoms with E-state index in [1.54, 1.807) is 47.6 Å². The average molecular weight is 500 g/mol. The molecular formula is C24H25N3O5S2. The molecule has 1 aliphatic carbocycles. The predicted molar refractivity (Wildman–Crippen MR) is 127 cm³/mol. The fraction of sp³-hybridized carbons (Fsp3) is 0.333. The third-order valence-corrected chi connectivity index (χ3v) is 8.61. The first kappa shape index (κ1) is 25.6. The lowest BCUT2D eigenvalue weighted by Crippen LogP contribution is -2.55. The second-order valence-electron chi connectivity index (χ2n) is 9.97. The molecule has 34 heavy (non-hydrogen) atoms. The molecule has 0 spiro atoms. The number of sulfonamides is 1. The van der Waals surface area contributed by atoms with Crippen LogP contribution in [-0.2, 0) is 20.1 Å². The summed E-state index contributed by atoms with van der Waals surface area (Å²) in [5, 5.41) is 19.1. The molecule has 0 fully saturated rings. The Morgan fingerprint density at radius 3 is 1.56 bits per heavy atom. The third kappa shape index (κ3) is 4.26. The summed E-state index contributed by atoms with van der Waals surface area (Å²) in [6.07, 6.45) is 0. The van der Waals surface area contributed by atoms with Crippen molar-refractivity contribution < 1.29 is 21.4 Å². The molecule has 1 N–H and O–H groups in total. The normalized spacial score (nSPS) is 13.8. The molecule has 0 amide bonds. The molecule has 0 aliphatic heterocycles. The van der Waals surface area contributed by atoms with Gasteiger partial charge < -0.3 is 0 Å². The monoisotopic (exact) mass is 499 g/mol. The zero-order chi connectivity index (χ0) is 25.9. The Labute approximate surface area is 200 Å². The van der Waals surface area contributed by atoms with Gasteiger partial charge in [0.05, 0.1) is 9.79 Å². The Morgan fingerprint density at radius 1 is 0.765 bits per heavy atom. The lowest BCUT2D eigenvalue weighted by Gasteiger charge is -2.43. The molecule has 0 bridgehead atoms. The molecule has 3 rings (SSSR count). The molecule has 10 heteroatoms. The van der Waals surface area contributed by atoms with Crippen molar-refractivity contribution in [2.45, 2.75) is 62.4 Å². The fourth-order valence-electron chi connectivity index (χ4n) is 4.63. The summed E-state index contributed by atoms with van der Waals surface area (Å²) in [6, 6.07) is 11.9. The van der Waals surface area contributed by atoms with Crippen LogP contribution in [-0.4, -0.2) is 36.8 Å². The van der Waals surface area contributed by atoms with Crippen molar-refractivity contribution >= 4 is 25.7 Å². The molecule has 0 heterocycles. The van der Waals surface area contributed by atoms with Crippen LogP contribution in [0.15, 0.2) is 51.8 Å². The summed E-state index contributed by atoms with van der Waals surface area (Å²) in [6.45, 7) is 10.8. The molecule has 178 valence electrons. The van der Waals surface area contributed by atoms with Crippen LogP contribution in [0.5, 0.6) is 0 Å². The maximum atomic E-state index is 13.8. The standard InChI is InChI=1S/C24H25N3O5S2/c1-23(2,3)27(24(4,5)6)33(28,29)16-7-9-18-19-10-8-17(34(30,31)32)12-21(19)22(20(18)11-16)15(13-25)14-26/h7-12H,1-6H3,(H,30,31,32). The highest BCUT2D eigenvalue weighted by Gasteiger charge is 2.42. The van der Waals surface area contributed by atoms with Crippen molar-refractivity contribution in [2.24, 2.45) is 0 Å². The Bertz CT molecular complexity index is 1500. The summed E-state index contributed by atoms with van der Waals surface area (Å²) in [7, 11) is -8.55. The van der Waals surface area contributed by atoms with Gasteiger partial charge in [0.25, 0.3) is 10.1 Å². The van der Waals surface area contributed by atoms with E-state index in [0.29, 0.717) is 16.7 Å². The largest absolute Gasteiger partial charge is 0.294 e. The smallest absolute Gasteiger partial charge is 0.282 e. The Hall–Kier alpha value is -3.02. The first-order valence-electron chi connectivity index (χ1n) is 10.3. The highest BCUT2D eigenvalue weighted by Crippen LogP contribution is 2.47. The van der Waals surface area contributed by atoms with Crippen LogP contribution in [0.1, 0.15) is 52.7 Å². The minimum absolute atomic E-state index is 0.0216. The Kier molecular flexibility index (Phi) is 6.05. The zero-order valence-corrected chi connectivity index (χ0v) is 21.3. The first-order valence-corrected chi connectivity index (χ1v) is 13.2. The Balaban J connectivity index is 2.36. The summed E-state index contributed by atoms with van der Waals surface area (Å²) < 4.78 is 61.8. The van der Waals surface area contributed by atoms with Crippen molar-refractivity contribution in [3.63, 3.8) is 0 Å². The van der Waals surface area contributed by atoms with Gasteiger partial charge in [-0.2, -0.15) is 23.2 Å². The van der Waals surface area contributed by atoms with Crippen LogP contribution in [0.4, 0.5) is 0 Å². The number of nitrogens with zero attached hydrogens (tertiary/aromatic N) is 3. The highest BCUT2D eigenvalue weighted by atomic mass is 32.2. The van der Waals surface area contributed by atoms with Crippen LogP contribution in [0.2, 0.25) is 0 Å². The lowest BCUT2D eigenvalue weighted by molar-refractivity contribution is 0.140. The molecule has 0 atom stereocenters. The summed E-state index contributed by atoms with van der Waals surface area (Å²) >= 11 is 0. The minimum atomic E-state index is -4.54. The van der Waals surface area contributed by atoms with Crippen LogP contribution >= 0.6 is 0 Å². The van der Waals surface area contributed by atoms with Crippen molar-refractivity contribution in [3.05, 3.63) is 53.1 Å². The van der Waals surface area contributed by atoms with E-state index < -0.39 is 36.1 Å². The summed E-state index contributed by atoms with van der Waals surface area (Å²) in [5.74, 6) is 0. The van der Waals surface area contributed by atoms with Gasteiger partial charge in [-0.1, -0.05) is 12.1 Å². The fourth-order valence-corrected chi connectivity index (χ4v) is 7.30. The maximum absolute atomic E-state index is 13.8. The second kappa shape index (κ2) is 8.03. The molecule has 2 aromatic carbocycles. The van der Waals surface area contributed by atoms with Crippen LogP contribution in [0.25, 0.3) is 16.7 Å². The van der Waals surface area contributed by atoms with E-state index in [0.717, 1.165) is 0 Å². The van der Waals surface area contributed by atoms with Gasteiger partial charge in [-0.3, -0.25) is 4.55 Å². The van der Waals surface area contributed by atoms with Gasteiger partial charge >= 0.3 is 0 Å². The molecule has 2 aromatic rings. The Morgan fingerprint density at radius 2 is 1.18 bits per heavy atom. The molecule has 0 radical (unpaired) electrons. The van der Waals surface area contributed by atoms with Gasteiger partial charge in [-0.25, -0.2) is 8.42 Å². The molecule has 1 aliphatic rings. The van der Waals surface area contributed by atoms with Crippen molar-refractivity contribution in [2.75, 3.05) is 0 Å². The van der Waals surface area contributed by atoms with E-state index >= 15 is 0 Å². The molecule has 0 unspecified atom stereocenters. The van der Waals surface area contributed by atoms with Gasteiger partial charge in [-0.15, -0.1) is 0 Å². The van der Waals surface area contributed by atoms with E-state index in [2.05, 4.69) is 0 Å². The van der Waals surface area contributed by atoms with Gasteiger partial charge in [0.1, 0.15) is 17.7 Å². The number of rotatable bonds is 3. The van der Waals surface area contributed by atoms with Gasteiger partial charge in [-0.05, 0) is 88.1 Å². The molecule has 0 aromatic heterocycles. The third-order valence-electron chi connectivity index (χ3n) is 5.34. The molecule has 8 nitrogen and oxygen atoms in total. The van der Waals surface area contributed by atoms with E-state index in [9.17, 15) is 31.9 Å². The molecular weight excluding hydrogens is 474 g/mol. The minimum Gasteiger partial charge on any atom is -0.282 e. The van der Waals surface area contributed by atoms with E-state index in [4.69, 9.17) is 0 Å². The summed E-state index contributed by atoms with van der Waals surface area (Å²) in [5.41, 5.74) is -0.0225. The number of benzene rings is 2. The molecule has 0 saturated carbocycles. The van der Waals surface area contributed by atoms with Crippen molar-refractivity contribution in [3.8, 4) is 23.3 Å². The van der Waals surface area contributed by atoms with Gasteiger partial charge in [0, 0.05) is 16.7 Å². The average Bonchev–Trinajstić information content (AvgIpc) is 2.99. The number of allylic oxidation sites excluding steroid dienone is 1. The quantitative estimate of drug-likeness (QED) is 0.417. The predicted octanol–water partition coefficient (Wildman–Crippen LogP) is 4.35. The van der Waals surface area contributed by atoms with Crippen molar-refractivity contribution in [1.82, 2.24) is 4.31 Å². The number of fused-ring (bicyclic) bond motifs is 3. The van der Waals surface area contributed by atoms with Crippen LogP contribution in [0, 0.1) is 22.7 Å². The van der Waals surface area contributed by atoms with Crippen LogP contribution in [0.3, 0.4) is 0 Å². The number of hydrogen-bond acceptors (Lipinski definition) is 6. The summed E-state index contributed by atoms with van der Waals surface area (Å²) in [4.78, 5) is -0.419. The topological polar surface area (TPSA) is 139 Å². The number of hydrogen-bond donors (Lipinski definition) is 1. The zero-order valence-electron chi connectivity index (χ0n) is 19.7. The van der Waals surface area contributed by atoms with Gasteiger partial charge in [0.15, 0.2) is 0 Å². The SMILES string of the molecule is CC(C)(C)N(C(C)(C)C)S(=O)(=O)c1ccc2c(c1)C(=C(C#N)C#N)c1cc(S(=O)(=O)O)ccc1-2. The van der Waals surface area contributed by atoms with Crippen molar-refractivity contribution in [1.29, 1.82) is 10.5 Å². The maximum Gasteiger partial charge on any atom is 0.294 e. The number of nitriles is 2. The first-order chi connectivity index (χ1) is 15.4. The van der Waals surface area contributed by atoms with Crippen LogP contribution < -0.4 is 0 Å². The van der Waals surface area contributed by atoms with E-state index in [-0.39, 0.29) is 21.6 Å². The van der Waals surface area contributed by atoms with E-state index in [1.807, 2.05) is 12.1 Å². The molecule has 0 saturated heterocycles. The highest BCUT2D eigenvalue weighted by molar-refractivity contribution is 7.89. The van der Waals surface area contributed by atoms with E-state index in [1.165, 1.54) is 34.6 Å². The second-order valence-corrected chi connectivity index (χ2v) is 13.2.